The van der Waals surface area contributed by atoms with E-state index in [1.807, 2.05) is 36.4 Å². The summed E-state index contributed by atoms with van der Waals surface area (Å²) in [5.74, 6) is 0. The van der Waals surface area contributed by atoms with E-state index < -0.39 is 0 Å². The molecule has 3 heteroatoms. The van der Waals surface area contributed by atoms with Gasteiger partial charge in [-0.15, -0.1) is 0 Å². The molecule has 0 spiro atoms. The Balaban J connectivity index is 1.49. The molecule has 2 nitrogen and oxygen atoms in total. The van der Waals surface area contributed by atoms with Gasteiger partial charge in [-0.05, 0) is 24.0 Å². The van der Waals surface area contributed by atoms with Gasteiger partial charge in [0.05, 0.1) is 13.2 Å². The van der Waals surface area contributed by atoms with Crippen molar-refractivity contribution in [3.63, 3.8) is 0 Å². The molecule has 0 aliphatic carbocycles. The predicted molar refractivity (Wildman–Crippen MR) is 80.5 cm³/mol. The van der Waals surface area contributed by atoms with Crippen LogP contribution in [0.1, 0.15) is 11.1 Å². The average Bonchev–Trinajstić information content (AvgIpc) is 2.48. The normalized spacial score (nSPS) is 10.5. The quantitative estimate of drug-likeness (QED) is 0.535. The second-order valence-electron chi connectivity index (χ2n) is 4.25. The Labute approximate surface area is 116 Å². The Morgan fingerprint density at radius 2 is 1.05 bits per heavy atom. The van der Waals surface area contributed by atoms with E-state index in [0.29, 0.717) is 13.2 Å². The van der Waals surface area contributed by atoms with Crippen molar-refractivity contribution in [2.75, 3.05) is 13.2 Å². The van der Waals surface area contributed by atoms with Crippen LogP contribution < -0.4 is 0 Å². The molecule has 0 aliphatic rings. The Morgan fingerprint density at radius 3 is 1.47 bits per heavy atom. The molecule has 0 heterocycles. The van der Waals surface area contributed by atoms with Crippen LogP contribution in [0.2, 0.25) is 0 Å². The fourth-order valence-electron chi connectivity index (χ4n) is 1.75. The van der Waals surface area contributed by atoms with Crippen molar-refractivity contribution in [2.24, 2.45) is 0 Å². The highest BCUT2D eigenvalue weighted by atomic mass is 31.1. The van der Waals surface area contributed by atoms with E-state index in [2.05, 4.69) is 24.3 Å². The zero-order valence-corrected chi connectivity index (χ0v) is 11.9. The summed E-state index contributed by atoms with van der Waals surface area (Å²) in [5, 5.41) is 0. The molecule has 0 unspecified atom stereocenters. The minimum Gasteiger partial charge on any atom is -0.336 e. The van der Waals surface area contributed by atoms with E-state index in [1.54, 1.807) is 0 Å². The summed E-state index contributed by atoms with van der Waals surface area (Å²) < 4.78 is 11.0. The lowest BCUT2D eigenvalue weighted by Gasteiger charge is -2.05. The fraction of sp³-hybridized carbons (Fsp3) is 0.250. The van der Waals surface area contributed by atoms with Gasteiger partial charge in [-0.25, -0.2) is 0 Å². The molecule has 2 aromatic carbocycles. The summed E-state index contributed by atoms with van der Waals surface area (Å²) in [4.78, 5) is 0. The molecule has 0 amide bonds. The Hall–Kier alpha value is -1.21. The van der Waals surface area contributed by atoms with Gasteiger partial charge in [0.25, 0.3) is 0 Å². The maximum atomic E-state index is 5.48. The third-order valence-corrected chi connectivity index (χ3v) is 3.43. The molecule has 0 radical (unpaired) electrons. The molecule has 2 aromatic rings. The molecule has 100 valence electrons. The van der Waals surface area contributed by atoms with Crippen molar-refractivity contribution in [1.29, 1.82) is 0 Å². The standard InChI is InChI=1S/C16H19O2P/c1-3-7-15(8-4-1)11-13-17-19-18-14-12-16-9-5-2-6-10-16/h1-10,19H,11-14H2. The molecule has 0 fully saturated rings. The third-order valence-electron chi connectivity index (χ3n) is 2.79. The summed E-state index contributed by atoms with van der Waals surface area (Å²) in [6, 6.07) is 20.7. The van der Waals surface area contributed by atoms with E-state index in [0.717, 1.165) is 12.8 Å². The lowest BCUT2D eigenvalue weighted by molar-refractivity contribution is 0.271. The minimum atomic E-state index is 0.136. The van der Waals surface area contributed by atoms with Gasteiger partial charge in [0.1, 0.15) is 0 Å². The van der Waals surface area contributed by atoms with Crippen LogP contribution in [-0.4, -0.2) is 13.2 Å². The maximum absolute atomic E-state index is 5.48. The highest BCUT2D eigenvalue weighted by Crippen LogP contribution is 2.15. The molecule has 0 bridgehead atoms. The van der Waals surface area contributed by atoms with Crippen LogP contribution in [0.4, 0.5) is 0 Å². The molecule has 0 aliphatic heterocycles. The van der Waals surface area contributed by atoms with Gasteiger partial charge in [-0.2, -0.15) is 0 Å². The molecule has 19 heavy (non-hydrogen) atoms. The summed E-state index contributed by atoms with van der Waals surface area (Å²) in [7, 11) is 0.136. The first-order valence-electron chi connectivity index (χ1n) is 6.51. The SMILES string of the molecule is c1ccc(CCOPOCCc2ccccc2)cc1. The van der Waals surface area contributed by atoms with E-state index in [1.165, 1.54) is 11.1 Å². The van der Waals surface area contributed by atoms with Crippen LogP contribution >= 0.6 is 9.03 Å². The summed E-state index contributed by atoms with van der Waals surface area (Å²) in [6.07, 6.45) is 1.88. The topological polar surface area (TPSA) is 18.5 Å². The molecule has 0 saturated heterocycles. The fourth-order valence-corrected chi connectivity index (χ4v) is 2.21. The second kappa shape index (κ2) is 8.82. The molecular formula is C16H19O2P. The van der Waals surface area contributed by atoms with Crippen molar-refractivity contribution in [2.45, 2.75) is 12.8 Å². The predicted octanol–water partition coefficient (Wildman–Crippen LogP) is 4.01. The van der Waals surface area contributed by atoms with E-state index in [-0.39, 0.29) is 9.03 Å². The Kier molecular flexibility index (Phi) is 6.59. The van der Waals surface area contributed by atoms with Crippen LogP contribution in [0.5, 0.6) is 0 Å². The monoisotopic (exact) mass is 274 g/mol. The lowest BCUT2D eigenvalue weighted by Crippen LogP contribution is -1.95. The lowest BCUT2D eigenvalue weighted by atomic mass is 10.2. The highest BCUT2D eigenvalue weighted by molar-refractivity contribution is 7.26. The number of rotatable bonds is 8. The van der Waals surface area contributed by atoms with Crippen LogP contribution in [0.25, 0.3) is 0 Å². The second-order valence-corrected chi connectivity index (χ2v) is 5.00. The summed E-state index contributed by atoms with van der Waals surface area (Å²) in [5.41, 5.74) is 2.60. The van der Waals surface area contributed by atoms with Gasteiger partial charge in [-0.1, -0.05) is 60.7 Å². The maximum Gasteiger partial charge on any atom is 0.155 e. The van der Waals surface area contributed by atoms with Crippen molar-refractivity contribution in [3.8, 4) is 0 Å². The molecule has 2 rings (SSSR count). The smallest absolute Gasteiger partial charge is 0.155 e. The van der Waals surface area contributed by atoms with Gasteiger partial charge in [0, 0.05) is 0 Å². The minimum absolute atomic E-state index is 0.136. The molecule has 0 saturated carbocycles. The first-order chi connectivity index (χ1) is 9.45. The Bertz CT molecular complexity index is 401. The van der Waals surface area contributed by atoms with Crippen molar-refractivity contribution in [1.82, 2.24) is 0 Å². The van der Waals surface area contributed by atoms with Crippen LogP contribution in [0, 0.1) is 0 Å². The summed E-state index contributed by atoms with van der Waals surface area (Å²) >= 11 is 0. The largest absolute Gasteiger partial charge is 0.336 e. The van der Waals surface area contributed by atoms with Crippen LogP contribution in [0.15, 0.2) is 60.7 Å². The molecule has 0 atom stereocenters. The van der Waals surface area contributed by atoms with Gasteiger partial charge in [0.15, 0.2) is 9.03 Å². The zero-order valence-electron chi connectivity index (χ0n) is 10.9. The van der Waals surface area contributed by atoms with Crippen molar-refractivity contribution < 1.29 is 9.05 Å². The van der Waals surface area contributed by atoms with Gasteiger partial charge in [-0.3, -0.25) is 0 Å². The first-order valence-corrected chi connectivity index (χ1v) is 7.33. The highest BCUT2D eigenvalue weighted by Gasteiger charge is 1.94. The number of benzene rings is 2. The number of hydrogen-bond donors (Lipinski definition) is 0. The molecule has 0 N–H and O–H groups in total. The summed E-state index contributed by atoms with van der Waals surface area (Å²) in [6.45, 7) is 1.43. The van der Waals surface area contributed by atoms with Gasteiger partial charge < -0.3 is 9.05 Å². The molecule has 0 aromatic heterocycles. The average molecular weight is 274 g/mol. The Morgan fingerprint density at radius 1 is 0.632 bits per heavy atom. The van der Waals surface area contributed by atoms with E-state index >= 15 is 0 Å². The first kappa shape index (κ1) is 14.2. The molecular weight excluding hydrogens is 255 g/mol. The van der Waals surface area contributed by atoms with Crippen LogP contribution in [0.3, 0.4) is 0 Å². The van der Waals surface area contributed by atoms with Crippen molar-refractivity contribution >= 4 is 9.03 Å². The van der Waals surface area contributed by atoms with E-state index in [4.69, 9.17) is 9.05 Å². The van der Waals surface area contributed by atoms with E-state index in [9.17, 15) is 0 Å². The van der Waals surface area contributed by atoms with Gasteiger partial charge in [0.2, 0.25) is 0 Å². The van der Waals surface area contributed by atoms with Crippen LogP contribution in [-0.2, 0) is 21.9 Å². The van der Waals surface area contributed by atoms with Gasteiger partial charge >= 0.3 is 0 Å². The van der Waals surface area contributed by atoms with Crippen molar-refractivity contribution in [3.05, 3.63) is 71.8 Å². The zero-order chi connectivity index (χ0) is 13.2. The number of hydrogen-bond acceptors (Lipinski definition) is 2. The third kappa shape index (κ3) is 5.98.